The summed E-state index contributed by atoms with van der Waals surface area (Å²) in [5.74, 6) is 0. The van der Waals surface area contributed by atoms with E-state index in [1.54, 1.807) is 62.2 Å². The van der Waals surface area contributed by atoms with Crippen molar-refractivity contribution >= 4 is 65.4 Å². The van der Waals surface area contributed by atoms with Gasteiger partial charge in [-0.05, 0) is 54.6 Å². The van der Waals surface area contributed by atoms with Crippen LogP contribution in [0.5, 0.6) is 0 Å². The Bertz CT molecular complexity index is 3200. The number of nitrogens with zero attached hydrogens (tertiary/aromatic N) is 5. The largest absolute Gasteiger partial charge is 0.416 e. The first-order chi connectivity index (χ1) is 27.5. The average Bonchev–Trinajstić information content (AvgIpc) is 3.84. The first kappa shape index (κ1) is 34.0. The molecule has 0 spiro atoms. The highest BCUT2D eigenvalue weighted by atomic mass is 19.4. The van der Waals surface area contributed by atoms with Gasteiger partial charge in [0.25, 0.3) is 0 Å². The van der Waals surface area contributed by atoms with Crippen LogP contribution in [-0.4, -0.2) is 13.7 Å². The monoisotopic (exact) mass is 759 g/mol. The first-order valence-corrected chi connectivity index (χ1v) is 17.7. The van der Waals surface area contributed by atoms with Crippen LogP contribution in [0.3, 0.4) is 0 Å². The molecule has 0 unspecified atom stereocenters. The summed E-state index contributed by atoms with van der Waals surface area (Å²) in [6.45, 7) is 0. The molecule has 0 aliphatic rings. The van der Waals surface area contributed by atoms with E-state index >= 15 is 0 Å². The third-order valence-corrected chi connectivity index (χ3v) is 10.8. The maximum atomic E-state index is 14.4. The van der Waals surface area contributed by atoms with Crippen LogP contribution >= 0.6 is 0 Å². The molecule has 0 saturated heterocycles. The van der Waals surface area contributed by atoms with Crippen molar-refractivity contribution in [3.63, 3.8) is 0 Å². The number of hydrogen-bond donors (Lipinski definition) is 0. The van der Waals surface area contributed by atoms with Gasteiger partial charge < -0.3 is 13.7 Å². The molecule has 0 aliphatic heterocycles. The normalized spacial score (nSPS) is 12.4. The van der Waals surface area contributed by atoms with Gasteiger partial charge in [-0.25, -0.2) is 0 Å². The second kappa shape index (κ2) is 12.0. The minimum atomic E-state index is -4.70. The van der Waals surface area contributed by atoms with Crippen molar-refractivity contribution in [1.29, 1.82) is 10.5 Å². The Morgan fingerprint density at radius 3 is 1.02 bits per heavy atom. The Labute approximate surface area is 318 Å². The molecule has 10 rings (SSSR count). The molecule has 0 aliphatic carbocycles. The quantitative estimate of drug-likeness (QED) is 0.168. The van der Waals surface area contributed by atoms with E-state index in [9.17, 15) is 36.9 Å². The van der Waals surface area contributed by atoms with E-state index in [0.717, 1.165) is 35.0 Å². The van der Waals surface area contributed by atoms with E-state index in [1.165, 1.54) is 18.2 Å². The lowest BCUT2D eigenvalue weighted by molar-refractivity contribution is -0.138. The SMILES string of the molecule is N#Cc1c(-n2c3ccccc3c3ccc(C(F)(F)F)cc32)cc(-n2c3ccccc3c3ccc(C(F)(F)F)cc32)c(C#N)c1-n1c2ccccc2c2ccccc21. The van der Waals surface area contributed by atoms with Gasteiger partial charge in [0.15, 0.2) is 0 Å². The second-order valence-corrected chi connectivity index (χ2v) is 13.8. The maximum absolute atomic E-state index is 14.4. The van der Waals surface area contributed by atoms with Crippen LogP contribution in [0.4, 0.5) is 26.3 Å². The standard InChI is InChI=1S/C46H23F6N5/c47-45(48,49)26-17-19-32-30-11-1-5-13-36(30)55(40(32)21-26)42-23-43(56-37-14-6-2-12-31(37)33-20-18-27(22-41(33)56)46(50,51)52)35(25-54)44(34(42)24-53)57-38-15-7-3-9-28(38)29-10-4-8-16-39(29)57/h1-23H. The number of rotatable bonds is 3. The Balaban J connectivity index is 1.47. The third-order valence-electron chi connectivity index (χ3n) is 10.8. The molecule has 3 aromatic heterocycles. The predicted octanol–water partition coefficient (Wildman–Crippen LogP) is 12.8. The summed E-state index contributed by atoms with van der Waals surface area (Å²) in [6.07, 6.45) is -9.40. The Morgan fingerprint density at radius 1 is 0.368 bits per heavy atom. The number of aromatic nitrogens is 3. The number of alkyl halides is 6. The van der Waals surface area contributed by atoms with Crippen molar-refractivity contribution in [3.8, 4) is 29.2 Å². The topological polar surface area (TPSA) is 62.4 Å². The molecule has 0 fully saturated rings. The van der Waals surface area contributed by atoms with Gasteiger partial charge in [0, 0.05) is 32.3 Å². The molecule has 0 N–H and O–H groups in total. The van der Waals surface area contributed by atoms with Gasteiger partial charge in [0.05, 0.1) is 61.3 Å². The van der Waals surface area contributed by atoms with Crippen LogP contribution in [0, 0.1) is 22.7 Å². The molecule has 274 valence electrons. The summed E-state index contributed by atoms with van der Waals surface area (Å²) in [5, 5.41) is 26.4. The summed E-state index contributed by atoms with van der Waals surface area (Å²) in [4.78, 5) is 0. The zero-order valence-electron chi connectivity index (χ0n) is 29.3. The van der Waals surface area contributed by atoms with Crippen LogP contribution in [0.15, 0.2) is 140 Å². The molecule has 0 saturated carbocycles. The number of benzene rings is 7. The van der Waals surface area contributed by atoms with Gasteiger partial charge in [0.1, 0.15) is 23.3 Å². The van der Waals surface area contributed by atoms with Crippen LogP contribution < -0.4 is 0 Å². The molecule has 0 bridgehead atoms. The Hall–Kier alpha value is -7.50. The molecule has 10 aromatic rings. The molecule has 0 amide bonds. The summed E-state index contributed by atoms with van der Waals surface area (Å²) in [5.41, 5.74) is 1.04. The lowest BCUT2D eigenvalue weighted by Crippen LogP contribution is -2.11. The highest BCUT2D eigenvalue weighted by molar-refractivity contribution is 6.13. The fraction of sp³-hybridized carbons (Fsp3) is 0.0435. The van der Waals surface area contributed by atoms with Gasteiger partial charge in [-0.2, -0.15) is 36.9 Å². The van der Waals surface area contributed by atoms with E-state index in [2.05, 4.69) is 12.1 Å². The van der Waals surface area contributed by atoms with Crippen molar-refractivity contribution in [2.75, 3.05) is 0 Å². The lowest BCUT2D eigenvalue weighted by atomic mass is 10.0. The Morgan fingerprint density at radius 2 is 0.684 bits per heavy atom. The van der Waals surface area contributed by atoms with Crippen molar-refractivity contribution < 1.29 is 26.3 Å². The van der Waals surface area contributed by atoms with E-state index in [-0.39, 0.29) is 39.2 Å². The molecule has 7 aromatic carbocycles. The van der Waals surface area contributed by atoms with Crippen LogP contribution in [0.2, 0.25) is 0 Å². The molecule has 0 radical (unpaired) electrons. The van der Waals surface area contributed by atoms with Crippen molar-refractivity contribution in [1.82, 2.24) is 13.7 Å². The fourth-order valence-electron chi connectivity index (χ4n) is 8.41. The van der Waals surface area contributed by atoms with Crippen LogP contribution in [0.25, 0.3) is 82.5 Å². The molecule has 11 heteroatoms. The fourth-order valence-corrected chi connectivity index (χ4v) is 8.41. The van der Waals surface area contributed by atoms with E-state index in [4.69, 9.17) is 0 Å². The van der Waals surface area contributed by atoms with Crippen LogP contribution in [0.1, 0.15) is 22.3 Å². The summed E-state index contributed by atoms with van der Waals surface area (Å²) >= 11 is 0. The van der Waals surface area contributed by atoms with Gasteiger partial charge in [-0.3, -0.25) is 0 Å². The molecule has 57 heavy (non-hydrogen) atoms. The van der Waals surface area contributed by atoms with Crippen molar-refractivity contribution in [3.05, 3.63) is 162 Å². The van der Waals surface area contributed by atoms with E-state index < -0.39 is 23.5 Å². The average molecular weight is 760 g/mol. The van der Waals surface area contributed by atoms with Crippen molar-refractivity contribution in [2.24, 2.45) is 0 Å². The minimum absolute atomic E-state index is 0.0291. The van der Waals surface area contributed by atoms with Gasteiger partial charge in [-0.15, -0.1) is 0 Å². The second-order valence-electron chi connectivity index (χ2n) is 13.8. The number of halogens is 6. The molecule has 3 heterocycles. The zero-order chi connectivity index (χ0) is 39.4. The third kappa shape index (κ3) is 4.89. The highest BCUT2D eigenvalue weighted by Crippen LogP contribution is 2.44. The lowest BCUT2D eigenvalue weighted by Gasteiger charge is -2.21. The molecule has 0 atom stereocenters. The van der Waals surface area contributed by atoms with Gasteiger partial charge >= 0.3 is 12.4 Å². The van der Waals surface area contributed by atoms with Gasteiger partial charge in [-0.1, -0.05) is 84.9 Å². The molecular formula is C46H23F6N5. The maximum Gasteiger partial charge on any atom is 0.416 e. The van der Waals surface area contributed by atoms with Crippen LogP contribution in [-0.2, 0) is 12.4 Å². The summed E-state index contributed by atoms with van der Waals surface area (Å²) < 4.78 is 91.2. The first-order valence-electron chi connectivity index (χ1n) is 17.7. The number of nitriles is 2. The van der Waals surface area contributed by atoms with Gasteiger partial charge in [0.2, 0.25) is 0 Å². The summed E-state index contributed by atoms with van der Waals surface area (Å²) in [7, 11) is 0. The predicted molar refractivity (Wildman–Crippen MR) is 209 cm³/mol. The zero-order valence-corrected chi connectivity index (χ0v) is 29.3. The van der Waals surface area contributed by atoms with E-state index in [1.807, 2.05) is 48.5 Å². The highest BCUT2D eigenvalue weighted by Gasteiger charge is 2.34. The number of fused-ring (bicyclic) bond motifs is 9. The molecular weight excluding hydrogens is 737 g/mol. The van der Waals surface area contributed by atoms with Crippen molar-refractivity contribution in [2.45, 2.75) is 12.4 Å². The number of hydrogen-bond acceptors (Lipinski definition) is 2. The van der Waals surface area contributed by atoms with E-state index in [0.29, 0.717) is 43.6 Å². The molecule has 5 nitrogen and oxygen atoms in total. The number of para-hydroxylation sites is 4. The minimum Gasteiger partial charge on any atom is -0.308 e. The summed E-state index contributed by atoms with van der Waals surface area (Å²) in [6, 6.07) is 41.9. The smallest absolute Gasteiger partial charge is 0.308 e. The Kier molecular flexibility index (Phi) is 7.16.